The minimum atomic E-state index is -3.78. The summed E-state index contributed by atoms with van der Waals surface area (Å²) in [7, 11) is -3.78. The Kier molecular flexibility index (Phi) is 4.74. The molecular formula is C20H21FN2O3S. The van der Waals surface area contributed by atoms with Crippen molar-refractivity contribution in [1.82, 2.24) is 9.62 Å². The van der Waals surface area contributed by atoms with Crippen LogP contribution >= 0.6 is 0 Å². The van der Waals surface area contributed by atoms with Crippen molar-refractivity contribution in [2.24, 2.45) is 0 Å². The van der Waals surface area contributed by atoms with Crippen LogP contribution < -0.4 is 5.32 Å². The number of carbonyl (C=O) groups is 1. The van der Waals surface area contributed by atoms with E-state index in [1.807, 2.05) is 0 Å². The van der Waals surface area contributed by atoms with E-state index >= 15 is 0 Å². The third-order valence-electron chi connectivity index (χ3n) is 4.82. The largest absolute Gasteiger partial charge is 0.349 e. The lowest BCUT2D eigenvalue weighted by molar-refractivity contribution is 0.0951. The number of halogens is 1. The lowest BCUT2D eigenvalue weighted by Gasteiger charge is -2.22. The highest BCUT2D eigenvalue weighted by Gasteiger charge is 2.38. The van der Waals surface area contributed by atoms with Crippen LogP contribution in [0.3, 0.4) is 0 Å². The Morgan fingerprint density at radius 1 is 1.07 bits per heavy atom. The molecule has 0 bridgehead atoms. The van der Waals surface area contributed by atoms with E-state index in [0.29, 0.717) is 11.6 Å². The maximum Gasteiger partial charge on any atom is 0.251 e. The highest BCUT2D eigenvalue weighted by molar-refractivity contribution is 7.89. The number of carbonyl (C=O) groups excluding carboxylic acids is 1. The van der Waals surface area contributed by atoms with Crippen molar-refractivity contribution in [2.45, 2.75) is 49.2 Å². The lowest BCUT2D eigenvalue weighted by Crippen LogP contribution is -2.32. The van der Waals surface area contributed by atoms with E-state index in [2.05, 4.69) is 5.32 Å². The van der Waals surface area contributed by atoms with Gasteiger partial charge in [0.25, 0.3) is 5.91 Å². The minimum absolute atomic E-state index is 0.0326. The van der Waals surface area contributed by atoms with E-state index in [1.165, 1.54) is 22.5 Å². The smallest absolute Gasteiger partial charge is 0.251 e. The maximum atomic E-state index is 13.5. The van der Waals surface area contributed by atoms with E-state index in [4.69, 9.17) is 0 Å². The number of nitrogens with zero attached hydrogens (tertiary/aromatic N) is 1. The Hall–Kier alpha value is -2.25. The molecule has 2 aromatic rings. The van der Waals surface area contributed by atoms with Gasteiger partial charge in [-0.3, -0.25) is 4.79 Å². The molecule has 2 fully saturated rings. The van der Waals surface area contributed by atoms with Crippen LogP contribution in [-0.4, -0.2) is 30.7 Å². The Morgan fingerprint density at radius 2 is 1.78 bits per heavy atom. The van der Waals surface area contributed by atoms with Crippen molar-refractivity contribution in [2.75, 3.05) is 0 Å². The predicted molar refractivity (Wildman–Crippen MR) is 99.1 cm³/mol. The number of rotatable bonds is 7. The quantitative estimate of drug-likeness (QED) is 0.793. The van der Waals surface area contributed by atoms with Crippen LogP contribution in [0.1, 0.15) is 41.6 Å². The lowest BCUT2D eigenvalue weighted by atomic mass is 10.1. The fraction of sp³-hybridized carbons (Fsp3) is 0.350. The number of sulfonamides is 1. The van der Waals surface area contributed by atoms with Gasteiger partial charge in [0.2, 0.25) is 10.0 Å². The average Bonchev–Trinajstić information content (AvgIpc) is 3.55. The van der Waals surface area contributed by atoms with E-state index in [1.54, 1.807) is 24.3 Å². The molecule has 0 radical (unpaired) electrons. The number of hydrogen-bond donors (Lipinski definition) is 1. The van der Waals surface area contributed by atoms with Crippen molar-refractivity contribution in [3.05, 3.63) is 65.5 Å². The zero-order valence-corrected chi connectivity index (χ0v) is 15.6. The Morgan fingerprint density at radius 3 is 2.37 bits per heavy atom. The second kappa shape index (κ2) is 7.05. The summed E-state index contributed by atoms with van der Waals surface area (Å²) in [4.78, 5) is 12.0. The summed E-state index contributed by atoms with van der Waals surface area (Å²) >= 11 is 0. The second-order valence-corrected chi connectivity index (χ2v) is 9.07. The van der Waals surface area contributed by atoms with Crippen molar-refractivity contribution in [1.29, 1.82) is 0 Å². The molecule has 0 spiro atoms. The van der Waals surface area contributed by atoms with Crippen LogP contribution in [0, 0.1) is 5.82 Å². The molecule has 0 aromatic heterocycles. The predicted octanol–water partition coefficient (Wildman–Crippen LogP) is 3.07. The van der Waals surface area contributed by atoms with Crippen molar-refractivity contribution in [3.63, 3.8) is 0 Å². The van der Waals surface area contributed by atoms with Gasteiger partial charge in [0, 0.05) is 24.2 Å². The van der Waals surface area contributed by atoms with Crippen molar-refractivity contribution >= 4 is 15.9 Å². The molecule has 0 unspecified atom stereocenters. The molecule has 0 saturated heterocycles. The molecule has 0 aliphatic heterocycles. The molecule has 4 rings (SSSR count). The molecule has 27 heavy (non-hydrogen) atoms. The van der Waals surface area contributed by atoms with Gasteiger partial charge < -0.3 is 5.32 Å². The third kappa shape index (κ3) is 4.20. The molecule has 2 aliphatic rings. The summed E-state index contributed by atoms with van der Waals surface area (Å²) in [5.74, 6) is -0.673. The first-order valence-corrected chi connectivity index (χ1v) is 10.5. The molecule has 7 heteroatoms. The fourth-order valence-corrected chi connectivity index (χ4v) is 4.68. The maximum absolute atomic E-state index is 13.5. The van der Waals surface area contributed by atoms with Gasteiger partial charge in [0.1, 0.15) is 5.82 Å². The molecule has 0 heterocycles. The van der Waals surface area contributed by atoms with Gasteiger partial charge in [0.05, 0.1) is 4.90 Å². The number of nitrogens with one attached hydrogen (secondary N) is 1. The summed E-state index contributed by atoms with van der Waals surface area (Å²) in [5.41, 5.74) is 1.36. The Bertz CT molecular complexity index is 951. The second-order valence-electron chi connectivity index (χ2n) is 7.18. The molecule has 142 valence electrons. The monoisotopic (exact) mass is 388 g/mol. The first-order valence-electron chi connectivity index (χ1n) is 9.11. The average molecular weight is 388 g/mol. The van der Waals surface area contributed by atoms with Crippen LogP contribution in [0.25, 0.3) is 0 Å². The van der Waals surface area contributed by atoms with Gasteiger partial charge in [-0.1, -0.05) is 18.2 Å². The van der Waals surface area contributed by atoms with Gasteiger partial charge in [-0.05, 0) is 61.6 Å². The summed E-state index contributed by atoms with van der Waals surface area (Å²) in [6.45, 7) is 0.202. The molecule has 2 aliphatic carbocycles. The van der Waals surface area contributed by atoms with E-state index < -0.39 is 15.8 Å². The highest BCUT2D eigenvalue weighted by Crippen LogP contribution is 2.33. The van der Waals surface area contributed by atoms with Crippen LogP contribution in [0.2, 0.25) is 0 Å². The van der Waals surface area contributed by atoms with E-state index in [-0.39, 0.29) is 23.4 Å². The number of amides is 1. The van der Waals surface area contributed by atoms with Crippen LogP contribution in [0.4, 0.5) is 4.39 Å². The summed E-state index contributed by atoms with van der Waals surface area (Å²) in [6.07, 6.45) is 3.66. The first kappa shape index (κ1) is 18.1. The molecule has 2 saturated carbocycles. The molecule has 2 aromatic carbocycles. The molecule has 1 amide bonds. The first-order chi connectivity index (χ1) is 12.9. The SMILES string of the molecule is O=C(NC1CC1)c1ccc(CN(C2CC2)S(=O)(=O)c2cccc(F)c2)cc1. The third-order valence-corrected chi connectivity index (χ3v) is 6.72. The van der Waals surface area contributed by atoms with Gasteiger partial charge >= 0.3 is 0 Å². The summed E-state index contributed by atoms with van der Waals surface area (Å²) in [6, 6.07) is 12.3. The normalized spacial score (nSPS) is 17.1. The number of benzene rings is 2. The van der Waals surface area contributed by atoms with Crippen LogP contribution in [-0.2, 0) is 16.6 Å². The van der Waals surface area contributed by atoms with Crippen LogP contribution in [0.15, 0.2) is 53.4 Å². The number of hydrogen-bond acceptors (Lipinski definition) is 3. The Labute approximate surface area is 158 Å². The van der Waals surface area contributed by atoms with Gasteiger partial charge in [-0.25, -0.2) is 12.8 Å². The zero-order valence-electron chi connectivity index (χ0n) is 14.8. The van der Waals surface area contributed by atoms with Crippen molar-refractivity contribution in [3.8, 4) is 0 Å². The summed E-state index contributed by atoms with van der Waals surface area (Å²) in [5, 5.41) is 2.93. The van der Waals surface area contributed by atoms with Crippen LogP contribution in [0.5, 0.6) is 0 Å². The standard InChI is InChI=1S/C20H21FN2O3S/c21-16-2-1-3-19(12-16)27(25,26)23(18-10-11-18)13-14-4-6-15(7-5-14)20(24)22-17-8-9-17/h1-7,12,17-18H,8-11,13H2,(H,22,24). The molecule has 0 atom stereocenters. The fourth-order valence-electron chi connectivity index (χ4n) is 2.97. The minimum Gasteiger partial charge on any atom is -0.349 e. The molecular weight excluding hydrogens is 367 g/mol. The van der Waals surface area contributed by atoms with E-state index in [9.17, 15) is 17.6 Å². The molecule has 1 N–H and O–H groups in total. The van der Waals surface area contributed by atoms with E-state index in [0.717, 1.165) is 37.3 Å². The Balaban J connectivity index is 1.52. The highest BCUT2D eigenvalue weighted by atomic mass is 32.2. The molecule has 5 nitrogen and oxygen atoms in total. The van der Waals surface area contributed by atoms with Crippen molar-refractivity contribution < 1.29 is 17.6 Å². The summed E-state index contributed by atoms with van der Waals surface area (Å²) < 4.78 is 40.9. The zero-order chi connectivity index (χ0) is 19.0. The van der Waals surface area contributed by atoms with Gasteiger partial charge in [0.15, 0.2) is 0 Å². The van der Waals surface area contributed by atoms with Gasteiger partial charge in [-0.2, -0.15) is 4.31 Å². The van der Waals surface area contributed by atoms with Gasteiger partial charge in [-0.15, -0.1) is 0 Å². The topological polar surface area (TPSA) is 66.5 Å².